The third-order valence-corrected chi connectivity index (χ3v) is 2.52. The number of amides is 1. The number of aliphatic hydroxyl groups excluding tert-OH is 1. The molecular formula is C6H6BrNO2S. The molecule has 0 aliphatic carbocycles. The van der Waals surface area contributed by atoms with Gasteiger partial charge in [0.1, 0.15) is 6.61 Å². The second-order valence-corrected chi connectivity index (χ2v) is 4.27. The third kappa shape index (κ3) is 2.61. The van der Waals surface area contributed by atoms with Gasteiger partial charge in [-0.2, -0.15) is 0 Å². The smallest absolute Gasteiger partial charge is 0.250 e. The molecule has 0 saturated carbocycles. The van der Waals surface area contributed by atoms with Gasteiger partial charge in [0.15, 0.2) is 0 Å². The second kappa shape index (κ2) is 3.85. The molecule has 0 unspecified atom stereocenters. The standard InChI is InChI=1S/C6H6BrNO2S/c7-4-1-2-6(11-4)8-5(10)3-9/h1-2,9H,3H2,(H,8,10). The number of nitrogens with one attached hydrogen (secondary N) is 1. The van der Waals surface area contributed by atoms with Gasteiger partial charge in [-0.3, -0.25) is 4.79 Å². The van der Waals surface area contributed by atoms with Crippen LogP contribution in [0.1, 0.15) is 0 Å². The van der Waals surface area contributed by atoms with E-state index in [1.807, 2.05) is 6.07 Å². The molecule has 2 N–H and O–H groups in total. The van der Waals surface area contributed by atoms with Gasteiger partial charge in [-0.15, -0.1) is 11.3 Å². The van der Waals surface area contributed by atoms with Crippen LogP contribution in [0.25, 0.3) is 0 Å². The van der Waals surface area contributed by atoms with E-state index in [9.17, 15) is 4.79 Å². The first-order valence-corrected chi connectivity index (χ1v) is 4.49. The van der Waals surface area contributed by atoms with Crippen LogP contribution in [0.5, 0.6) is 0 Å². The zero-order valence-electron chi connectivity index (χ0n) is 5.50. The Kier molecular flexibility index (Phi) is 3.04. The third-order valence-electron chi connectivity index (χ3n) is 0.979. The Bertz CT molecular complexity index is 261. The van der Waals surface area contributed by atoms with Crippen LogP contribution in [-0.2, 0) is 4.79 Å². The highest BCUT2D eigenvalue weighted by atomic mass is 79.9. The van der Waals surface area contributed by atoms with Crippen LogP contribution in [0.3, 0.4) is 0 Å². The number of carbonyl (C=O) groups excluding carboxylic acids is 1. The number of rotatable bonds is 2. The van der Waals surface area contributed by atoms with Crippen molar-refractivity contribution in [2.75, 3.05) is 11.9 Å². The predicted octanol–water partition coefficient (Wildman–Crippen LogP) is 1.44. The number of carbonyl (C=O) groups is 1. The highest BCUT2D eigenvalue weighted by Gasteiger charge is 2.01. The van der Waals surface area contributed by atoms with E-state index in [2.05, 4.69) is 21.2 Å². The van der Waals surface area contributed by atoms with Gasteiger partial charge in [0.2, 0.25) is 0 Å². The molecule has 3 nitrogen and oxygen atoms in total. The summed E-state index contributed by atoms with van der Waals surface area (Å²) in [4.78, 5) is 10.6. The lowest BCUT2D eigenvalue weighted by Crippen LogP contribution is -2.14. The van der Waals surface area contributed by atoms with Crippen molar-refractivity contribution < 1.29 is 9.90 Å². The molecule has 0 bridgehead atoms. The van der Waals surface area contributed by atoms with Crippen LogP contribution in [-0.4, -0.2) is 17.6 Å². The molecule has 0 saturated heterocycles. The highest BCUT2D eigenvalue weighted by Crippen LogP contribution is 2.26. The fourth-order valence-electron chi connectivity index (χ4n) is 0.558. The second-order valence-electron chi connectivity index (χ2n) is 1.81. The van der Waals surface area contributed by atoms with Crippen molar-refractivity contribution in [1.29, 1.82) is 0 Å². The van der Waals surface area contributed by atoms with Crippen LogP contribution < -0.4 is 5.32 Å². The molecule has 11 heavy (non-hydrogen) atoms. The molecule has 0 fully saturated rings. The normalized spacial score (nSPS) is 9.64. The van der Waals surface area contributed by atoms with E-state index in [0.29, 0.717) is 0 Å². The largest absolute Gasteiger partial charge is 0.387 e. The summed E-state index contributed by atoms with van der Waals surface area (Å²) < 4.78 is 0.950. The Hall–Kier alpha value is -0.390. The van der Waals surface area contributed by atoms with Crippen LogP contribution in [0.4, 0.5) is 5.00 Å². The minimum atomic E-state index is -0.477. The van der Waals surface area contributed by atoms with E-state index in [1.54, 1.807) is 6.07 Å². The van der Waals surface area contributed by atoms with E-state index in [1.165, 1.54) is 11.3 Å². The highest BCUT2D eigenvalue weighted by molar-refractivity contribution is 9.11. The molecule has 1 rings (SSSR count). The van der Waals surface area contributed by atoms with Gasteiger partial charge in [0.05, 0.1) is 8.79 Å². The summed E-state index contributed by atoms with van der Waals surface area (Å²) in [5.41, 5.74) is 0. The molecule has 0 atom stereocenters. The summed E-state index contributed by atoms with van der Waals surface area (Å²) in [5.74, 6) is -0.389. The van der Waals surface area contributed by atoms with E-state index in [4.69, 9.17) is 5.11 Å². The van der Waals surface area contributed by atoms with E-state index in [-0.39, 0.29) is 5.91 Å². The molecule has 0 aliphatic heterocycles. The van der Waals surface area contributed by atoms with Gasteiger partial charge in [0, 0.05) is 0 Å². The van der Waals surface area contributed by atoms with Gasteiger partial charge < -0.3 is 10.4 Å². The molecule has 0 aromatic carbocycles. The Morgan fingerprint density at radius 1 is 1.73 bits per heavy atom. The summed E-state index contributed by atoms with van der Waals surface area (Å²) in [6.45, 7) is -0.477. The first-order chi connectivity index (χ1) is 5.22. The van der Waals surface area contributed by atoms with Crippen molar-refractivity contribution in [3.63, 3.8) is 0 Å². The monoisotopic (exact) mass is 235 g/mol. The summed E-state index contributed by atoms with van der Waals surface area (Å²) in [6.07, 6.45) is 0. The number of thiophene rings is 1. The lowest BCUT2D eigenvalue weighted by atomic mass is 10.6. The molecule has 0 spiro atoms. The first kappa shape index (κ1) is 8.70. The SMILES string of the molecule is O=C(CO)Nc1ccc(Br)s1. The van der Waals surface area contributed by atoms with Crippen LogP contribution in [0, 0.1) is 0 Å². The Balaban J connectivity index is 2.57. The van der Waals surface area contributed by atoms with Gasteiger partial charge in [-0.05, 0) is 28.1 Å². The molecule has 0 aliphatic rings. The number of hydrogen-bond acceptors (Lipinski definition) is 3. The quantitative estimate of drug-likeness (QED) is 0.816. The molecule has 5 heteroatoms. The molecule has 1 aromatic heterocycles. The molecular weight excluding hydrogens is 230 g/mol. The first-order valence-electron chi connectivity index (χ1n) is 2.88. The van der Waals surface area contributed by atoms with Gasteiger partial charge in [0.25, 0.3) is 5.91 Å². The van der Waals surface area contributed by atoms with E-state index in [0.717, 1.165) is 8.79 Å². The maximum absolute atomic E-state index is 10.6. The molecule has 1 amide bonds. The van der Waals surface area contributed by atoms with Gasteiger partial charge in [-0.25, -0.2) is 0 Å². The average Bonchev–Trinajstić information content (AvgIpc) is 2.35. The van der Waals surface area contributed by atoms with Crippen molar-refractivity contribution in [1.82, 2.24) is 0 Å². The van der Waals surface area contributed by atoms with Crippen molar-refractivity contribution >= 4 is 38.2 Å². The fourth-order valence-corrected chi connectivity index (χ4v) is 1.86. The molecule has 60 valence electrons. The number of halogens is 1. The lowest BCUT2D eigenvalue weighted by molar-refractivity contribution is -0.118. The maximum atomic E-state index is 10.6. The maximum Gasteiger partial charge on any atom is 0.250 e. The Morgan fingerprint density at radius 2 is 2.45 bits per heavy atom. The van der Waals surface area contributed by atoms with E-state index >= 15 is 0 Å². The average molecular weight is 236 g/mol. The van der Waals surface area contributed by atoms with Gasteiger partial charge in [-0.1, -0.05) is 0 Å². The molecule has 0 radical (unpaired) electrons. The van der Waals surface area contributed by atoms with Crippen molar-refractivity contribution in [3.8, 4) is 0 Å². The number of hydrogen-bond donors (Lipinski definition) is 2. The fraction of sp³-hybridized carbons (Fsp3) is 0.167. The molecule has 1 heterocycles. The zero-order valence-corrected chi connectivity index (χ0v) is 7.91. The summed E-state index contributed by atoms with van der Waals surface area (Å²) >= 11 is 4.65. The lowest BCUT2D eigenvalue weighted by Gasteiger charge is -1.95. The van der Waals surface area contributed by atoms with Crippen LogP contribution in [0.15, 0.2) is 15.9 Å². The van der Waals surface area contributed by atoms with Crippen molar-refractivity contribution in [2.45, 2.75) is 0 Å². The minimum Gasteiger partial charge on any atom is -0.387 e. The zero-order chi connectivity index (χ0) is 8.27. The summed E-state index contributed by atoms with van der Waals surface area (Å²) in [6, 6.07) is 3.60. The summed E-state index contributed by atoms with van der Waals surface area (Å²) in [7, 11) is 0. The van der Waals surface area contributed by atoms with Crippen LogP contribution in [0.2, 0.25) is 0 Å². The number of anilines is 1. The van der Waals surface area contributed by atoms with Crippen molar-refractivity contribution in [2.24, 2.45) is 0 Å². The Labute approximate surface area is 76.2 Å². The predicted molar refractivity (Wildman–Crippen MR) is 47.7 cm³/mol. The van der Waals surface area contributed by atoms with Crippen LogP contribution >= 0.6 is 27.3 Å². The van der Waals surface area contributed by atoms with Crippen molar-refractivity contribution in [3.05, 3.63) is 15.9 Å². The summed E-state index contributed by atoms with van der Waals surface area (Å²) in [5, 5.41) is 11.6. The minimum absolute atomic E-state index is 0.389. The molecule has 1 aromatic rings. The van der Waals surface area contributed by atoms with E-state index < -0.39 is 6.61 Å². The Morgan fingerprint density at radius 3 is 2.91 bits per heavy atom. The number of aliphatic hydroxyl groups is 1. The topological polar surface area (TPSA) is 49.3 Å². The van der Waals surface area contributed by atoms with Gasteiger partial charge >= 0.3 is 0 Å².